The summed E-state index contributed by atoms with van der Waals surface area (Å²) in [6.45, 7) is 3.97. The summed E-state index contributed by atoms with van der Waals surface area (Å²) in [4.78, 5) is 51.8. The Labute approximate surface area is 239 Å². The number of amides is 4. The Kier molecular flexibility index (Phi) is 7.78. The fourth-order valence-electron chi connectivity index (χ4n) is 5.28. The number of carbonyl (C=O) groups excluding carboxylic acids is 3. The third-order valence-electron chi connectivity index (χ3n) is 7.39. The number of nitrogens with zero attached hydrogens (tertiary/aromatic N) is 4. The first kappa shape index (κ1) is 27.5. The van der Waals surface area contributed by atoms with E-state index in [0.29, 0.717) is 11.5 Å². The van der Waals surface area contributed by atoms with Crippen LogP contribution in [0.4, 0.5) is 16.3 Å². The van der Waals surface area contributed by atoms with Gasteiger partial charge in [0.05, 0.1) is 12.0 Å². The Morgan fingerprint density at radius 3 is 2.17 bits per heavy atom. The molecular weight excluding hydrogens is 516 g/mol. The van der Waals surface area contributed by atoms with Crippen molar-refractivity contribution in [3.63, 3.8) is 0 Å². The third kappa shape index (κ3) is 5.79. The van der Waals surface area contributed by atoms with Crippen molar-refractivity contribution in [1.82, 2.24) is 20.2 Å². The molecule has 208 valence electrons. The van der Waals surface area contributed by atoms with E-state index >= 15 is 0 Å². The van der Waals surface area contributed by atoms with Crippen LogP contribution < -0.4 is 16.0 Å². The van der Waals surface area contributed by atoms with Gasteiger partial charge >= 0.3 is 6.03 Å². The Bertz CT molecular complexity index is 1550. The van der Waals surface area contributed by atoms with Crippen molar-refractivity contribution in [3.8, 4) is 0 Å². The molecule has 0 aliphatic carbocycles. The van der Waals surface area contributed by atoms with E-state index in [-0.39, 0.29) is 12.3 Å². The molecule has 41 heavy (non-hydrogen) atoms. The number of carbonyl (C=O) groups is 3. The first-order valence-corrected chi connectivity index (χ1v) is 13.4. The molecule has 9 heteroatoms. The van der Waals surface area contributed by atoms with Crippen LogP contribution in [0.3, 0.4) is 0 Å². The molecule has 5 rings (SSSR count). The number of nitrogens with two attached hydrogens (primary N) is 1. The Morgan fingerprint density at radius 2 is 1.59 bits per heavy atom. The number of hydrogen-bond acceptors (Lipinski definition) is 6. The largest absolute Gasteiger partial charge is 0.384 e. The van der Waals surface area contributed by atoms with Crippen LogP contribution in [0.15, 0.2) is 91.4 Å². The van der Waals surface area contributed by atoms with E-state index in [4.69, 9.17) is 5.73 Å². The van der Waals surface area contributed by atoms with Gasteiger partial charge in [0.25, 0.3) is 5.91 Å². The summed E-state index contributed by atoms with van der Waals surface area (Å²) in [6.07, 6.45) is 4.98. The smallest absolute Gasteiger partial charge is 0.325 e. The normalized spacial score (nSPS) is 16.3. The zero-order chi connectivity index (χ0) is 29.1. The first-order chi connectivity index (χ1) is 19.7. The second-order valence-corrected chi connectivity index (χ2v) is 10.4. The molecule has 2 aromatic heterocycles. The third-order valence-corrected chi connectivity index (χ3v) is 7.39. The molecule has 1 fully saturated rings. The van der Waals surface area contributed by atoms with Gasteiger partial charge in [-0.1, -0.05) is 59.7 Å². The van der Waals surface area contributed by atoms with E-state index in [1.165, 1.54) is 4.90 Å². The molecule has 1 aliphatic rings. The highest BCUT2D eigenvalue weighted by atomic mass is 16.2. The van der Waals surface area contributed by atoms with Crippen molar-refractivity contribution in [2.45, 2.75) is 32.4 Å². The van der Waals surface area contributed by atoms with Gasteiger partial charge in [0.1, 0.15) is 11.9 Å². The molecule has 3 N–H and O–H groups in total. The van der Waals surface area contributed by atoms with Crippen molar-refractivity contribution in [2.24, 2.45) is 5.92 Å². The average Bonchev–Trinajstić information content (AvgIpc) is 2.97. The Hall–Kier alpha value is -5.05. The number of nitrogens with one attached hydrogen (secondary N) is 1. The highest BCUT2D eigenvalue weighted by molar-refractivity contribution is 6.12. The Morgan fingerprint density at radius 1 is 0.951 bits per heavy atom. The molecule has 2 aromatic carbocycles. The fraction of sp³-hybridized carbons (Fsp3) is 0.219. The van der Waals surface area contributed by atoms with Crippen molar-refractivity contribution < 1.29 is 14.4 Å². The number of rotatable bonds is 7. The van der Waals surface area contributed by atoms with Gasteiger partial charge < -0.3 is 16.0 Å². The summed E-state index contributed by atoms with van der Waals surface area (Å²) in [5.41, 5.74) is 11.1. The molecule has 4 amide bonds. The van der Waals surface area contributed by atoms with E-state index in [1.54, 1.807) is 49.9 Å². The van der Waals surface area contributed by atoms with Gasteiger partial charge in [-0.2, -0.15) is 0 Å². The van der Waals surface area contributed by atoms with Gasteiger partial charge in [0, 0.05) is 31.3 Å². The van der Waals surface area contributed by atoms with Gasteiger partial charge in [-0.05, 0) is 61.2 Å². The number of β-lactam (4-membered cyclic amide) rings is 1. The summed E-state index contributed by atoms with van der Waals surface area (Å²) in [5, 5.41) is 3.05. The lowest BCUT2D eigenvalue weighted by Crippen LogP contribution is -2.70. The molecule has 0 saturated carbocycles. The highest BCUT2D eigenvalue weighted by Gasteiger charge is 2.55. The summed E-state index contributed by atoms with van der Waals surface area (Å²) >= 11 is 0. The molecule has 1 aliphatic heterocycles. The Balaban J connectivity index is 1.47. The van der Waals surface area contributed by atoms with E-state index < -0.39 is 29.9 Å². The van der Waals surface area contributed by atoms with Gasteiger partial charge in [0.15, 0.2) is 0 Å². The molecule has 0 radical (unpaired) electrons. The maximum absolute atomic E-state index is 13.9. The predicted octanol–water partition coefficient (Wildman–Crippen LogP) is 4.21. The zero-order valence-corrected chi connectivity index (χ0v) is 23.2. The van der Waals surface area contributed by atoms with Gasteiger partial charge in [0.2, 0.25) is 5.91 Å². The van der Waals surface area contributed by atoms with Crippen LogP contribution in [-0.2, 0) is 16.0 Å². The quantitative estimate of drug-likeness (QED) is 0.334. The zero-order valence-electron chi connectivity index (χ0n) is 23.2. The van der Waals surface area contributed by atoms with E-state index in [0.717, 1.165) is 32.7 Å². The molecule has 2 atom stereocenters. The molecule has 9 nitrogen and oxygen atoms in total. The lowest BCUT2D eigenvalue weighted by Gasteiger charge is -2.46. The first-order valence-electron chi connectivity index (χ1n) is 13.4. The summed E-state index contributed by atoms with van der Waals surface area (Å²) in [7, 11) is 1.63. The molecule has 0 bridgehead atoms. The minimum absolute atomic E-state index is 0.245. The molecule has 3 heterocycles. The molecule has 4 aromatic rings. The molecular formula is C32H32N6O3. The van der Waals surface area contributed by atoms with Crippen LogP contribution in [0.25, 0.3) is 0 Å². The van der Waals surface area contributed by atoms with Crippen LogP contribution >= 0.6 is 0 Å². The highest BCUT2D eigenvalue weighted by Crippen LogP contribution is 2.34. The average molecular weight is 549 g/mol. The van der Waals surface area contributed by atoms with Crippen LogP contribution in [0.2, 0.25) is 0 Å². The number of hydrogen-bond donors (Lipinski definition) is 2. The van der Waals surface area contributed by atoms with Crippen molar-refractivity contribution >= 4 is 29.4 Å². The number of pyridine rings is 2. The topological polar surface area (TPSA) is 122 Å². The number of aromatic nitrogens is 2. The SMILES string of the molecule is Cc1cccc(C(NC(=O)N2C(=O)[C@H](Cc3ccnc(N)c3)[C@H]2C(=O)N(C)c2ccncc2)c2cccc(C)c2)c1. The monoisotopic (exact) mass is 548 g/mol. The second kappa shape index (κ2) is 11.6. The standard InChI is InChI=1S/C32H32N6O3/c1-20-6-4-8-23(16-20)28(24-9-5-7-21(2)17-24)36-32(41)38-29(31(40)37(3)25-11-13-34-14-12-25)26(30(38)39)18-22-10-15-35-27(33)19-22/h4-17,19,26,28-29H,18H2,1-3H3,(H2,33,35)(H,36,41)/t26-,29+/m1/s1. The second-order valence-electron chi connectivity index (χ2n) is 10.4. The van der Waals surface area contributed by atoms with Crippen LogP contribution in [0, 0.1) is 19.8 Å². The number of likely N-dealkylation sites (tertiary alicyclic amines) is 1. The summed E-state index contributed by atoms with van der Waals surface area (Å²) < 4.78 is 0. The molecule has 1 saturated heterocycles. The number of benzene rings is 2. The number of imide groups is 1. The van der Waals surface area contributed by atoms with Crippen molar-refractivity contribution in [3.05, 3.63) is 119 Å². The number of nitrogen functional groups attached to an aromatic ring is 1. The lowest BCUT2D eigenvalue weighted by molar-refractivity contribution is -0.156. The van der Waals surface area contributed by atoms with Crippen LogP contribution in [-0.4, -0.2) is 45.8 Å². The minimum atomic E-state index is -1.01. The van der Waals surface area contributed by atoms with Crippen molar-refractivity contribution in [2.75, 3.05) is 17.7 Å². The maximum Gasteiger partial charge on any atom is 0.325 e. The minimum Gasteiger partial charge on any atom is -0.384 e. The van der Waals surface area contributed by atoms with Crippen LogP contribution in [0.5, 0.6) is 0 Å². The van der Waals surface area contributed by atoms with Gasteiger partial charge in [-0.3, -0.25) is 19.5 Å². The predicted molar refractivity (Wildman–Crippen MR) is 157 cm³/mol. The van der Waals surface area contributed by atoms with E-state index in [2.05, 4.69) is 15.3 Å². The maximum atomic E-state index is 13.9. The molecule has 0 spiro atoms. The molecule has 0 unspecified atom stereocenters. The number of urea groups is 1. The summed E-state index contributed by atoms with van der Waals surface area (Å²) in [6, 6.07) is 20.4. The lowest BCUT2D eigenvalue weighted by atomic mass is 9.81. The summed E-state index contributed by atoms with van der Waals surface area (Å²) in [5.74, 6) is -1.22. The van der Waals surface area contributed by atoms with E-state index in [9.17, 15) is 14.4 Å². The number of likely N-dealkylation sites (N-methyl/N-ethyl adjacent to an activating group) is 1. The van der Waals surface area contributed by atoms with E-state index in [1.807, 2.05) is 62.4 Å². The van der Waals surface area contributed by atoms with Gasteiger partial charge in [-0.25, -0.2) is 9.78 Å². The fourth-order valence-corrected chi connectivity index (χ4v) is 5.28. The number of anilines is 2. The van der Waals surface area contributed by atoms with Crippen LogP contribution in [0.1, 0.15) is 33.9 Å². The number of aryl methyl sites for hydroxylation is 2. The van der Waals surface area contributed by atoms with Gasteiger partial charge in [-0.15, -0.1) is 0 Å². The van der Waals surface area contributed by atoms with Crippen molar-refractivity contribution in [1.29, 1.82) is 0 Å².